The maximum Gasteiger partial charge on any atom is 0.166 e. The van der Waals surface area contributed by atoms with Crippen LogP contribution in [0.25, 0.3) is 0 Å². The number of alkyl halides is 1. The largest absolute Gasteiger partial charge is 0.493 e. The predicted molar refractivity (Wildman–Crippen MR) is 78.3 cm³/mol. The average Bonchev–Trinajstić information content (AvgIpc) is 2.46. The first-order valence-electron chi connectivity index (χ1n) is 5.94. The second kappa shape index (κ2) is 6.82. The van der Waals surface area contributed by atoms with E-state index in [4.69, 9.17) is 32.7 Å². The summed E-state index contributed by atoms with van der Waals surface area (Å²) in [7, 11) is 1.51. The fourth-order valence-electron chi connectivity index (χ4n) is 1.80. The van der Waals surface area contributed by atoms with Gasteiger partial charge in [-0.25, -0.2) is 4.39 Å². The lowest BCUT2D eigenvalue weighted by Gasteiger charge is -2.15. The van der Waals surface area contributed by atoms with Crippen molar-refractivity contribution in [2.24, 2.45) is 0 Å². The van der Waals surface area contributed by atoms with Gasteiger partial charge in [0.1, 0.15) is 12.4 Å². The van der Waals surface area contributed by atoms with Crippen LogP contribution in [0.1, 0.15) is 11.1 Å². The molecule has 0 aliphatic carbocycles. The molecular weight excluding hydrogens is 302 g/mol. The first kappa shape index (κ1) is 14.9. The molecule has 106 valence electrons. The van der Waals surface area contributed by atoms with Crippen LogP contribution in [0.4, 0.5) is 4.39 Å². The van der Waals surface area contributed by atoms with Crippen LogP contribution < -0.4 is 9.47 Å². The van der Waals surface area contributed by atoms with Crippen molar-refractivity contribution in [1.29, 1.82) is 0 Å². The number of hydrogen-bond donors (Lipinski definition) is 0. The number of ether oxygens (including phenoxy) is 2. The molecule has 0 N–H and O–H groups in total. The highest BCUT2D eigenvalue weighted by atomic mass is 35.5. The third-order valence-corrected chi connectivity index (χ3v) is 3.30. The number of halogens is 3. The van der Waals surface area contributed by atoms with E-state index >= 15 is 0 Å². The summed E-state index contributed by atoms with van der Waals surface area (Å²) >= 11 is 11.8. The van der Waals surface area contributed by atoms with Gasteiger partial charge in [0, 0.05) is 22.2 Å². The summed E-state index contributed by atoms with van der Waals surface area (Å²) in [4.78, 5) is 0. The molecule has 2 nitrogen and oxygen atoms in total. The molecule has 0 bridgehead atoms. The van der Waals surface area contributed by atoms with Gasteiger partial charge in [0.25, 0.3) is 0 Å². The second-order valence-corrected chi connectivity index (χ2v) is 4.81. The molecule has 0 radical (unpaired) electrons. The van der Waals surface area contributed by atoms with E-state index in [9.17, 15) is 4.39 Å². The molecular formula is C15H13Cl2FO2. The zero-order valence-corrected chi connectivity index (χ0v) is 12.3. The summed E-state index contributed by atoms with van der Waals surface area (Å²) in [6.45, 7) is 0.0918. The second-order valence-electron chi connectivity index (χ2n) is 4.11. The minimum Gasteiger partial charge on any atom is -0.493 e. The molecule has 0 atom stereocenters. The maximum absolute atomic E-state index is 13.6. The minimum atomic E-state index is -0.312. The van der Waals surface area contributed by atoms with Gasteiger partial charge in [0.2, 0.25) is 0 Å². The molecule has 0 unspecified atom stereocenters. The van der Waals surface area contributed by atoms with Crippen LogP contribution in [0.2, 0.25) is 5.02 Å². The average molecular weight is 315 g/mol. The number of rotatable bonds is 5. The molecule has 0 aliphatic rings. The maximum atomic E-state index is 13.6. The third kappa shape index (κ3) is 3.35. The van der Waals surface area contributed by atoms with Crippen LogP contribution in [0, 0.1) is 5.82 Å². The van der Waals surface area contributed by atoms with Gasteiger partial charge in [-0.05, 0) is 12.1 Å². The van der Waals surface area contributed by atoms with E-state index in [2.05, 4.69) is 0 Å². The Balaban J connectivity index is 2.27. The van der Waals surface area contributed by atoms with Crippen LogP contribution in [-0.2, 0) is 12.5 Å². The highest BCUT2D eigenvalue weighted by molar-refractivity contribution is 6.31. The Morgan fingerprint density at radius 1 is 1.15 bits per heavy atom. The number of methoxy groups -OCH3 is 1. The van der Waals surface area contributed by atoms with E-state index in [1.807, 2.05) is 0 Å². The molecule has 5 heteroatoms. The Kier molecular flexibility index (Phi) is 5.10. The van der Waals surface area contributed by atoms with Gasteiger partial charge < -0.3 is 9.47 Å². The van der Waals surface area contributed by atoms with Crippen molar-refractivity contribution in [3.05, 3.63) is 58.4 Å². The fourth-order valence-corrected chi connectivity index (χ4v) is 2.23. The first-order chi connectivity index (χ1) is 9.65. The molecule has 2 aromatic rings. The van der Waals surface area contributed by atoms with Crippen LogP contribution in [-0.4, -0.2) is 7.11 Å². The fraction of sp³-hybridized carbons (Fsp3) is 0.200. The lowest BCUT2D eigenvalue weighted by Crippen LogP contribution is -2.02. The highest BCUT2D eigenvalue weighted by Crippen LogP contribution is 2.36. The van der Waals surface area contributed by atoms with Gasteiger partial charge in [0.05, 0.1) is 13.0 Å². The molecule has 20 heavy (non-hydrogen) atoms. The van der Waals surface area contributed by atoms with Gasteiger partial charge in [0.15, 0.2) is 11.5 Å². The quantitative estimate of drug-likeness (QED) is 0.738. The SMILES string of the molecule is COc1cc(Cl)cc(CCl)c1OCc1ccccc1F. The highest BCUT2D eigenvalue weighted by Gasteiger charge is 2.13. The van der Waals surface area contributed by atoms with E-state index < -0.39 is 0 Å². The van der Waals surface area contributed by atoms with Crippen molar-refractivity contribution in [3.8, 4) is 11.5 Å². The number of hydrogen-bond acceptors (Lipinski definition) is 2. The topological polar surface area (TPSA) is 18.5 Å². The van der Waals surface area contributed by atoms with E-state index in [0.29, 0.717) is 27.6 Å². The third-order valence-electron chi connectivity index (χ3n) is 2.79. The summed E-state index contributed by atoms with van der Waals surface area (Å²) in [6.07, 6.45) is 0. The molecule has 0 saturated heterocycles. The van der Waals surface area contributed by atoms with Crippen LogP contribution in [0.5, 0.6) is 11.5 Å². The van der Waals surface area contributed by atoms with Crippen LogP contribution in [0.15, 0.2) is 36.4 Å². The molecule has 0 spiro atoms. The zero-order valence-electron chi connectivity index (χ0n) is 10.8. The molecule has 0 aliphatic heterocycles. The van der Waals surface area contributed by atoms with Crippen molar-refractivity contribution < 1.29 is 13.9 Å². The van der Waals surface area contributed by atoms with E-state index in [1.54, 1.807) is 30.3 Å². The molecule has 0 saturated carbocycles. The van der Waals surface area contributed by atoms with Crippen molar-refractivity contribution >= 4 is 23.2 Å². The molecule has 0 heterocycles. The van der Waals surface area contributed by atoms with Gasteiger partial charge in [-0.2, -0.15) is 0 Å². The summed E-state index contributed by atoms with van der Waals surface area (Å²) in [5.41, 5.74) is 1.16. The summed E-state index contributed by atoms with van der Waals surface area (Å²) in [5, 5.41) is 0.510. The zero-order chi connectivity index (χ0) is 14.5. The first-order valence-corrected chi connectivity index (χ1v) is 6.85. The lowest BCUT2D eigenvalue weighted by atomic mass is 10.2. The van der Waals surface area contributed by atoms with Crippen molar-refractivity contribution in [1.82, 2.24) is 0 Å². The molecule has 0 amide bonds. The monoisotopic (exact) mass is 314 g/mol. The normalized spacial score (nSPS) is 10.4. The smallest absolute Gasteiger partial charge is 0.166 e. The van der Waals surface area contributed by atoms with Crippen LogP contribution >= 0.6 is 23.2 Å². The Labute approximate surface area is 127 Å². The summed E-state index contributed by atoms with van der Waals surface area (Å²) in [6, 6.07) is 9.77. The predicted octanol–water partition coefficient (Wildman–Crippen LogP) is 4.81. The van der Waals surface area contributed by atoms with E-state index in [0.717, 1.165) is 0 Å². The molecule has 0 aromatic heterocycles. The Hall–Kier alpha value is -1.45. The molecule has 0 fully saturated rings. The van der Waals surface area contributed by atoms with Gasteiger partial charge in [-0.15, -0.1) is 11.6 Å². The van der Waals surface area contributed by atoms with Gasteiger partial charge >= 0.3 is 0 Å². The summed E-state index contributed by atoms with van der Waals surface area (Å²) < 4.78 is 24.5. The minimum absolute atomic E-state index is 0.0918. The molecule has 2 rings (SSSR count). The van der Waals surface area contributed by atoms with Gasteiger partial charge in [-0.3, -0.25) is 0 Å². The molecule has 2 aromatic carbocycles. The van der Waals surface area contributed by atoms with Crippen molar-refractivity contribution in [2.45, 2.75) is 12.5 Å². The Morgan fingerprint density at radius 3 is 2.55 bits per heavy atom. The standard InChI is InChI=1S/C15H13Cl2FO2/c1-19-14-7-12(17)6-11(8-16)15(14)20-9-10-4-2-3-5-13(10)18/h2-7H,8-9H2,1H3. The van der Waals surface area contributed by atoms with E-state index in [1.165, 1.54) is 13.2 Å². The summed E-state index contributed by atoms with van der Waals surface area (Å²) in [5.74, 6) is 0.872. The lowest BCUT2D eigenvalue weighted by molar-refractivity contribution is 0.277. The Morgan fingerprint density at radius 2 is 1.90 bits per heavy atom. The number of benzene rings is 2. The van der Waals surface area contributed by atoms with Crippen molar-refractivity contribution in [2.75, 3.05) is 7.11 Å². The van der Waals surface area contributed by atoms with Gasteiger partial charge in [-0.1, -0.05) is 29.8 Å². The van der Waals surface area contributed by atoms with Crippen LogP contribution in [0.3, 0.4) is 0 Å². The van der Waals surface area contributed by atoms with E-state index in [-0.39, 0.29) is 18.3 Å². The Bertz CT molecular complexity index is 577. The van der Waals surface area contributed by atoms with Crippen molar-refractivity contribution in [3.63, 3.8) is 0 Å².